The fourth-order valence-electron chi connectivity index (χ4n) is 4.21. The summed E-state index contributed by atoms with van der Waals surface area (Å²) in [5, 5.41) is 9.51. The summed E-state index contributed by atoms with van der Waals surface area (Å²) in [4.78, 5) is 22.4. The van der Waals surface area contributed by atoms with Crippen LogP contribution in [0.25, 0.3) is 11.5 Å². The fraction of sp³-hybridized carbons (Fsp3) is 0.269. The molecule has 1 fully saturated rings. The zero-order chi connectivity index (χ0) is 26.5. The molecule has 0 radical (unpaired) electrons. The molecule has 1 aliphatic rings. The van der Waals surface area contributed by atoms with E-state index in [2.05, 4.69) is 40.9 Å². The minimum absolute atomic E-state index is 0.268. The second-order valence-corrected chi connectivity index (χ2v) is 10.9. The van der Waals surface area contributed by atoms with Crippen LogP contribution in [0.1, 0.15) is 18.5 Å². The van der Waals surface area contributed by atoms with Gasteiger partial charge in [0.25, 0.3) is 0 Å². The molecule has 0 atom stereocenters. The Kier molecular flexibility index (Phi) is 7.54. The Morgan fingerprint density at radius 1 is 0.842 bits per heavy atom. The zero-order valence-electron chi connectivity index (χ0n) is 21.2. The minimum atomic E-state index is -3.53. The first kappa shape index (κ1) is 25.6. The van der Waals surface area contributed by atoms with Crippen molar-refractivity contribution in [3.05, 3.63) is 72.7 Å². The molecule has 12 heteroatoms. The van der Waals surface area contributed by atoms with Crippen molar-refractivity contribution in [3.8, 4) is 11.5 Å². The van der Waals surface area contributed by atoms with Gasteiger partial charge in [-0.05, 0) is 75.3 Å². The van der Waals surface area contributed by atoms with Gasteiger partial charge in [0, 0.05) is 42.9 Å². The molecule has 196 valence electrons. The molecule has 1 saturated heterocycles. The monoisotopic (exact) mass is 531 g/mol. The third-order valence-corrected chi connectivity index (χ3v) is 8.21. The molecule has 3 aromatic heterocycles. The van der Waals surface area contributed by atoms with E-state index in [0.29, 0.717) is 53.9 Å². The summed E-state index contributed by atoms with van der Waals surface area (Å²) in [5.74, 6) is 1.96. The summed E-state index contributed by atoms with van der Waals surface area (Å²) in [7, 11) is -1.62. The molecule has 0 bridgehead atoms. The molecule has 1 aromatic carbocycles. The second-order valence-electron chi connectivity index (χ2n) is 8.94. The van der Waals surface area contributed by atoms with Crippen LogP contribution in [0.2, 0.25) is 0 Å². The van der Waals surface area contributed by atoms with Crippen molar-refractivity contribution in [2.24, 2.45) is 0 Å². The van der Waals surface area contributed by atoms with Gasteiger partial charge in [0.05, 0.1) is 4.90 Å². The lowest BCUT2D eigenvalue weighted by atomic mass is 10.1. The average molecular weight is 532 g/mol. The molecule has 0 saturated carbocycles. The molecule has 4 aromatic rings. The van der Waals surface area contributed by atoms with E-state index < -0.39 is 10.0 Å². The maximum atomic E-state index is 13.0. The Hall–Kier alpha value is -4.00. The Morgan fingerprint density at radius 2 is 1.55 bits per heavy atom. The van der Waals surface area contributed by atoms with Crippen LogP contribution in [0.4, 0.5) is 23.3 Å². The van der Waals surface area contributed by atoms with Gasteiger partial charge in [0.1, 0.15) is 17.3 Å². The van der Waals surface area contributed by atoms with Gasteiger partial charge in [-0.1, -0.05) is 6.07 Å². The van der Waals surface area contributed by atoms with Crippen LogP contribution >= 0.6 is 0 Å². The van der Waals surface area contributed by atoms with Crippen LogP contribution in [-0.2, 0) is 10.0 Å². The summed E-state index contributed by atoms with van der Waals surface area (Å²) in [5.41, 5.74) is 2.24. The van der Waals surface area contributed by atoms with Gasteiger partial charge < -0.3 is 16.0 Å². The van der Waals surface area contributed by atoms with Crippen molar-refractivity contribution in [3.63, 3.8) is 0 Å². The van der Waals surface area contributed by atoms with Gasteiger partial charge in [-0.2, -0.15) is 9.29 Å². The zero-order valence-corrected chi connectivity index (χ0v) is 22.0. The number of hydrogen-bond donors (Lipinski definition) is 3. The van der Waals surface area contributed by atoms with Gasteiger partial charge >= 0.3 is 0 Å². The van der Waals surface area contributed by atoms with E-state index in [4.69, 9.17) is 0 Å². The molecule has 3 N–H and O–H groups in total. The van der Waals surface area contributed by atoms with Gasteiger partial charge in [-0.25, -0.2) is 28.4 Å². The number of aryl methyl sites for hydroxylation is 1. The Balaban J connectivity index is 1.25. The first-order chi connectivity index (χ1) is 18.4. The summed E-state index contributed by atoms with van der Waals surface area (Å²) in [6.07, 6.45) is 4.88. The third kappa shape index (κ3) is 5.93. The van der Waals surface area contributed by atoms with E-state index in [1.807, 2.05) is 32.2 Å². The Morgan fingerprint density at radius 3 is 2.26 bits per heavy atom. The quantitative estimate of drug-likeness (QED) is 0.310. The van der Waals surface area contributed by atoms with Crippen LogP contribution in [0, 0.1) is 6.92 Å². The maximum Gasteiger partial charge on any atom is 0.243 e. The van der Waals surface area contributed by atoms with Crippen molar-refractivity contribution < 1.29 is 8.42 Å². The predicted molar refractivity (Wildman–Crippen MR) is 146 cm³/mol. The number of rotatable bonds is 8. The Bertz CT molecular complexity index is 1510. The number of pyridine rings is 1. The molecular formula is C26H29N9O2S. The largest absolute Gasteiger partial charge is 0.325 e. The number of nitrogens with zero attached hydrogens (tertiary/aromatic N) is 6. The molecule has 4 heterocycles. The summed E-state index contributed by atoms with van der Waals surface area (Å²) in [6, 6.07) is 16.2. The molecule has 5 rings (SSSR count). The first-order valence-electron chi connectivity index (χ1n) is 12.3. The van der Waals surface area contributed by atoms with Crippen molar-refractivity contribution in [2.75, 3.05) is 30.8 Å². The van der Waals surface area contributed by atoms with E-state index in [1.54, 1.807) is 53.1 Å². The molecule has 0 unspecified atom stereocenters. The van der Waals surface area contributed by atoms with Crippen LogP contribution in [0.3, 0.4) is 0 Å². The lowest BCUT2D eigenvalue weighted by Gasteiger charge is -2.31. The number of benzene rings is 1. The number of hydrogen-bond acceptors (Lipinski definition) is 10. The summed E-state index contributed by atoms with van der Waals surface area (Å²) >= 11 is 0. The highest BCUT2D eigenvalue weighted by Gasteiger charge is 2.28. The fourth-order valence-corrected chi connectivity index (χ4v) is 5.68. The SMILES string of the molecule is CNC1CCN(S(=O)(=O)c2ccc(Nc3nccc(Nc4ccnc(-c5cccc(C)n5)n4)n3)cc2)CC1. The molecule has 1 aliphatic heterocycles. The molecule has 0 amide bonds. The number of anilines is 4. The number of sulfonamides is 1. The van der Waals surface area contributed by atoms with E-state index >= 15 is 0 Å². The van der Waals surface area contributed by atoms with Gasteiger partial charge in [-0.3, -0.25) is 0 Å². The highest BCUT2D eigenvalue weighted by molar-refractivity contribution is 7.89. The van der Waals surface area contributed by atoms with Crippen LogP contribution in [0.15, 0.2) is 71.9 Å². The normalized spacial score (nSPS) is 14.8. The molecular weight excluding hydrogens is 502 g/mol. The van der Waals surface area contributed by atoms with E-state index in [1.165, 1.54) is 0 Å². The van der Waals surface area contributed by atoms with Gasteiger partial charge in [-0.15, -0.1) is 0 Å². The van der Waals surface area contributed by atoms with Crippen LogP contribution in [0.5, 0.6) is 0 Å². The van der Waals surface area contributed by atoms with Gasteiger partial charge in [0.15, 0.2) is 5.82 Å². The van der Waals surface area contributed by atoms with Crippen LogP contribution in [-0.4, -0.2) is 63.8 Å². The third-order valence-electron chi connectivity index (χ3n) is 6.30. The molecule has 0 aliphatic carbocycles. The first-order valence-corrected chi connectivity index (χ1v) is 13.8. The minimum Gasteiger partial charge on any atom is -0.325 e. The molecule has 38 heavy (non-hydrogen) atoms. The van der Waals surface area contributed by atoms with Crippen molar-refractivity contribution >= 4 is 33.3 Å². The maximum absolute atomic E-state index is 13.0. The Labute approximate surface area is 221 Å². The predicted octanol–water partition coefficient (Wildman–Crippen LogP) is 3.50. The van der Waals surface area contributed by atoms with E-state index in [-0.39, 0.29) is 4.90 Å². The topological polar surface area (TPSA) is 138 Å². The standard InChI is InChI=1S/C26H29N9O2S/c1-18-4-3-5-22(30-18)25-28-14-10-23(33-25)32-24-11-15-29-26(34-24)31-20-6-8-21(9-7-20)38(36,37)35-16-12-19(27-2)13-17-35/h3-11,14-15,19,27H,12-13,16-17H2,1-2H3,(H2,28,29,31,32,33,34). The van der Waals surface area contributed by atoms with E-state index in [0.717, 1.165) is 18.5 Å². The van der Waals surface area contributed by atoms with Crippen molar-refractivity contribution in [1.29, 1.82) is 0 Å². The summed E-state index contributed by atoms with van der Waals surface area (Å²) < 4.78 is 27.6. The molecule has 0 spiro atoms. The van der Waals surface area contributed by atoms with Crippen LogP contribution < -0.4 is 16.0 Å². The van der Waals surface area contributed by atoms with Gasteiger partial charge in [0.2, 0.25) is 16.0 Å². The highest BCUT2D eigenvalue weighted by Crippen LogP contribution is 2.24. The lowest BCUT2D eigenvalue weighted by Crippen LogP contribution is -2.43. The lowest BCUT2D eigenvalue weighted by molar-refractivity contribution is 0.298. The van der Waals surface area contributed by atoms with E-state index in [9.17, 15) is 8.42 Å². The number of aromatic nitrogens is 5. The molecule has 11 nitrogen and oxygen atoms in total. The second kappa shape index (κ2) is 11.2. The average Bonchev–Trinajstić information content (AvgIpc) is 2.94. The van der Waals surface area contributed by atoms with Crippen molar-refractivity contribution in [2.45, 2.75) is 30.7 Å². The van der Waals surface area contributed by atoms with Crippen molar-refractivity contribution in [1.82, 2.24) is 34.5 Å². The highest BCUT2D eigenvalue weighted by atomic mass is 32.2. The smallest absolute Gasteiger partial charge is 0.243 e. The summed E-state index contributed by atoms with van der Waals surface area (Å²) in [6.45, 7) is 2.94. The number of nitrogens with one attached hydrogen (secondary N) is 3. The number of piperidine rings is 1.